The van der Waals surface area contributed by atoms with Crippen LogP contribution < -0.4 is 5.73 Å². The maximum absolute atomic E-state index is 10.9. The molecule has 0 aromatic heterocycles. The lowest BCUT2D eigenvalue weighted by Gasteiger charge is -2.28. The lowest BCUT2D eigenvalue weighted by atomic mass is 10.2. The number of quaternary nitrogens is 1. The predicted molar refractivity (Wildman–Crippen MR) is 67.3 cm³/mol. The molecule has 5 nitrogen and oxygen atoms in total. The van der Waals surface area contributed by atoms with E-state index in [9.17, 15) is 4.79 Å². The monoisotopic (exact) mass is 238 g/mol. The van der Waals surface area contributed by atoms with Gasteiger partial charge in [-0.2, -0.15) is 4.99 Å². The van der Waals surface area contributed by atoms with Crippen LogP contribution in [0.2, 0.25) is 0 Å². The van der Waals surface area contributed by atoms with E-state index in [4.69, 9.17) is 10.8 Å². The number of hydrogen-bond donors (Lipinski definition) is 2. The molecule has 0 aliphatic carbocycles. The van der Waals surface area contributed by atoms with Crippen LogP contribution in [0.3, 0.4) is 0 Å². The van der Waals surface area contributed by atoms with Crippen molar-refractivity contribution in [2.24, 2.45) is 10.7 Å². The van der Waals surface area contributed by atoms with Crippen molar-refractivity contribution in [2.45, 2.75) is 19.8 Å². The quantitative estimate of drug-likeness (QED) is 0.652. The van der Waals surface area contributed by atoms with Crippen molar-refractivity contribution >= 4 is 11.8 Å². The molecular weight excluding hydrogens is 218 g/mol. The molecule has 0 bridgehead atoms. The average Bonchev–Trinajstić information content (AvgIpc) is 2.61. The number of carbonyl (C=O) groups is 1. The van der Waals surface area contributed by atoms with Crippen molar-refractivity contribution < 1.29 is 14.4 Å². The Hall–Kier alpha value is -1.46. The van der Waals surface area contributed by atoms with Crippen molar-refractivity contribution in [3.63, 3.8) is 0 Å². The van der Waals surface area contributed by atoms with Crippen molar-refractivity contribution in [2.75, 3.05) is 19.6 Å². The summed E-state index contributed by atoms with van der Waals surface area (Å²) in [6.07, 6.45) is 9.41. The average molecular weight is 238 g/mol. The van der Waals surface area contributed by atoms with Crippen LogP contribution in [0.5, 0.6) is 0 Å². The van der Waals surface area contributed by atoms with Gasteiger partial charge in [-0.15, -0.1) is 0 Å². The molecule has 0 spiro atoms. The molecule has 1 heterocycles. The van der Waals surface area contributed by atoms with Crippen LogP contribution in [0.4, 0.5) is 0 Å². The van der Waals surface area contributed by atoms with Gasteiger partial charge in [-0.1, -0.05) is 19.4 Å². The third-order valence-corrected chi connectivity index (χ3v) is 2.68. The summed E-state index contributed by atoms with van der Waals surface area (Å²) in [4.78, 5) is 15.2. The van der Waals surface area contributed by atoms with Crippen molar-refractivity contribution in [1.82, 2.24) is 0 Å². The molecule has 0 radical (unpaired) electrons. The van der Waals surface area contributed by atoms with Gasteiger partial charge >= 0.3 is 5.97 Å². The minimum atomic E-state index is -0.846. The van der Waals surface area contributed by atoms with E-state index in [1.807, 2.05) is 12.2 Å². The molecule has 0 fully saturated rings. The van der Waals surface area contributed by atoms with Crippen molar-refractivity contribution in [1.29, 1.82) is 0 Å². The number of allylic oxidation sites excluding steroid dienone is 1. The van der Waals surface area contributed by atoms with Gasteiger partial charge in [0, 0.05) is 12.6 Å². The van der Waals surface area contributed by atoms with E-state index in [-0.39, 0.29) is 11.0 Å². The fourth-order valence-electron chi connectivity index (χ4n) is 1.85. The van der Waals surface area contributed by atoms with Gasteiger partial charge in [-0.3, -0.25) is 0 Å². The maximum atomic E-state index is 10.9. The van der Waals surface area contributed by atoms with Crippen LogP contribution in [0.25, 0.3) is 0 Å². The Morgan fingerprint density at radius 2 is 2.41 bits per heavy atom. The fourth-order valence-corrected chi connectivity index (χ4v) is 1.85. The van der Waals surface area contributed by atoms with Gasteiger partial charge in [-0.05, 0) is 6.42 Å². The van der Waals surface area contributed by atoms with Gasteiger partial charge in [0.1, 0.15) is 12.7 Å². The molecule has 1 unspecified atom stereocenters. The summed E-state index contributed by atoms with van der Waals surface area (Å²) in [6.45, 7) is 3.07. The number of aliphatic carboxylic acids is 1. The van der Waals surface area contributed by atoms with Crippen LogP contribution >= 0.6 is 0 Å². The molecule has 17 heavy (non-hydrogen) atoms. The van der Waals surface area contributed by atoms with Gasteiger partial charge in [0.2, 0.25) is 5.84 Å². The number of aliphatic imine (C=N–C) groups is 1. The van der Waals surface area contributed by atoms with Crippen LogP contribution in [-0.4, -0.2) is 41.0 Å². The van der Waals surface area contributed by atoms with Crippen LogP contribution in [0, 0.1) is 0 Å². The molecule has 1 aliphatic rings. The first-order valence-electron chi connectivity index (χ1n) is 5.86. The molecule has 0 saturated carbocycles. The number of hydrogen-bond acceptors (Lipinski definition) is 3. The standard InChI is InChI=1S/C12H19N3O2/c1-2-3-4-5-11-14-7-9-15(11,8-6-13)10-12(16)17/h4-5,7,9H,2-3,6,8,10,13H2,1H3/p+1/b5-4+. The highest BCUT2D eigenvalue weighted by molar-refractivity contribution is 5.90. The Labute approximate surface area is 102 Å². The molecule has 3 N–H and O–H groups in total. The largest absolute Gasteiger partial charge is 0.477 e. The zero-order valence-corrected chi connectivity index (χ0v) is 10.2. The van der Waals surface area contributed by atoms with Crippen LogP contribution in [0.1, 0.15) is 19.8 Å². The highest BCUT2D eigenvalue weighted by atomic mass is 16.4. The van der Waals surface area contributed by atoms with E-state index in [1.165, 1.54) is 0 Å². The molecule has 94 valence electrons. The number of carboxylic acids is 1. The van der Waals surface area contributed by atoms with Gasteiger partial charge < -0.3 is 10.8 Å². The van der Waals surface area contributed by atoms with Crippen LogP contribution in [-0.2, 0) is 4.79 Å². The van der Waals surface area contributed by atoms with Crippen LogP contribution in [0.15, 0.2) is 29.5 Å². The highest BCUT2D eigenvalue weighted by Crippen LogP contribution is 2.17. The van der Waals surface area contributed by atoms with Gasteiger partial charge in [0.15, 0.2) is 6.54 Å². The van der Waals surface area contributed by atoms with Crippen molar-refractivity contribution in [3.05, 3.63) is 24.6 Å². The third kappa shape index (κ3) is 3.51. The normalized spacial score (nSPS) is 23.3. The van der Waals surface area contributed by atoms with E-state index >= 15 is 0 Å². The summed E-state index contributed by atoms with van der Waals surface area (Å²) in [5, 5.41) is 8.99. The smallest absolute Gasteiger partial charge is 0.360 e. The minimum absolute atomic E-state index is 0.0109. The second-order valence-corrected chi connectivity index (χ2v) is 4.07. The predicted octanol–water partition coefficient (Wildman–Crippen LogP) is 1.09. The fraction of sp³-hybridized carbons (Fsp3) is 0.500. The summed E-state index contributed by atoms with van der Waals surface area (Å²) in [5.41, 5.74) is 5.56. The summed E-state index contributed by atoms with van der Waals surface area (Å²) >= 11 is 0. The van der Waals surface area contributed by atoms with E-state index in [2.05, 4.69) is 11.9 Å². The van der Waals surface area contributed by atoms with Gasteiger partial charge in [0.05, 0.1) is 6.20 Å². The zero-order valence-electron chi connectivity index (χ0n) is 10.2. The SMILES string of the molecule is CCC/C=C/C1=NC=C[N+]1(CCN)CC(=O)O. The zero-order chi connectivity index (χ0) is 12.7. The molecule has 0 saturated heterocycles. The third-order valence-electron chi connectivity index (χ3n) is 2.68. The lowest BCUT2D eigenvalue weighted by Crippen LogP contribution is -2.51. The first-order chi connectivity index (χ1) is 8.14. The first-order valence-corrected chi connectivity index (χ1v) is 5.86. The molecule has 5 heteroatoms. The second kappa shape index (κ2) is 6.32. The maximum Gasteiger partial charge on any atom is 0.360 e. The molecular formula is C12H20N3O2+. The summed E-state index contributed by atoms with van der Waals surface area (Å²) in [6, 6.07) is 0. The second-order valence-electron chi connectivity index (χ2n) is 4.07. The number of unbranched alkanes of at least 4 members (excludes halogenated alkanes) is 1. The Morgan fingerprint density at radius 1 is 1.65 bits per heavy atom. The van der Waals surface area contributed by atoms with Gasteiger partial charge in [0.25, 0.3) is 0 Å². The Kier molecular flexibility index (Phi) is 5.06. The van der Waals surface area contributed by atoms with Crippen molar-refractivity contribution in [3.8, 4) is 0 Å². The Balaban J connectivity index is 2.84. The minimum Gasteiger partial charge on any atom is -0.477 e. The Bertz CT molecular complexity index is 361. The molecule has 0 amide bonds. The molecule has 1 aliphatic heterocycles. The number of carboxylic acid groups (broad SMARTS) is 1. The van der Waals surface area contributed by atoms with E-state index in [1.54, 1.807) is 12.4 Å². The molecule has 1 rings (SSSR count). The molecule has 1 atom stereocenters. The lowest BCUT2D eigenvalue weighted by molar-refractivity contribution is -0.775. The number of amidine groups is 1. The number of nitrogens with zero attached hydrogens (tertiary/aromatic N) is 2. The topological polar surface area (TPSA) is 75.7 Å². The number of rotatable bonds is 7. The summed E-state index contributed by atoms with van der Waals surface area (Å²) in [5.74, 6) is -0.0899. The first kappa shape index (κ1) is 13.6. The molecule has 0 aromatic carbocycles. The summed E-state index contributed by atoms with van der Waals surface area (Å²) in [7, 11) is 0. The Morgan fingerprint density at radius 3 is 3.00 bits per heavy atom. The van der Waals surface area contributed by atoms with E-state index in [0.29, 0.717) is 13.1 Å². The van der Waals surface area contributed by atoms with Gasteiger partial charge in [-0.25, -0.2) is 9.28 Å². The summed E-state index contributed by atoms with van der Waals surface area (Å²) < 4.78 is 0.214. The van der Waals surface area contributed by atoms with E-state index in [0.717, 1.165) is 18.7 Å². The van der Waals surface area contributed by atoms with E-state index < -0.39 is 5.97 Å². The molecule has 0 aromatic rings. The number of nitrogens with two attached hydrogens (primary N) is 1. The highest BCUT2D eigenvalue weighted by Gasteiger charge is 2.35.